The SMILES string of the molecule is CCNC(=O)CCOc1ccc(Br)cc1C(N)=S. The number of ether oxygens (including phenoxy) is 1. The molecule has 3 N–H and O–H groups in total. The number of carbonyl (C=O) groups is 1. The summed E-state index contributed by atoms with van der Waals surface area (Å²) in [6.45, 7) is 2.79. The molecule has 0 aromatic heterocycles. The number of halogens is 1. The second-order valence-electron chi connectivity index (χ2n) is 3.56. The summed E-state index contributed by atoms with van der Waals surface area (Å²) >= 11 is 8.29. The van der Waals surface area contributed by atoms with Gasteiger partial charge in [0.05, 0.1) is 18.6 Å². The van der Waals surface area contributed by atoms with Crippen molar-refractivity contribution in [3.05, 3.63) is 28.2 Å². The molecule has 1 aromatic carbocycles. The third-order valence-electron chi connectivity index (χ3n) is 2.17. The number of nitrogens with two attached hydrogens (primary N) is 1. The molecule has 0 atom stereocenters. The van der Waals surface area contributed by atoms with E-state index in [2.05, 4.69) is 21.2 Å². The molecule has 18 heavy (non-hydrogen) atoms. The molecule has 0 unspecified atom stereocenters. The number of hydrogen-bond donors (Lipinski definition) is 2. The van der Waals surface area contributed by atoms with Crippen molar-refractivity contribution in [2.45, 2.75) is 13.3 Å². The first-order valence-corrected chi connectivity index (χ1v) is 6.73. The van der Waals surface area contributed by atoms with Gasteiger partial charge in [0.1, 0.15) is 10.7 Å². The lowest BCUT2D eigenvalue weighted by Gasteiger charge is -2.11. The minimum absolute atomic E-state index is 0.0357. The highest BCUT2D eigenvalue weighted by molar-refractivity contribution is 9.10. The van der Waals surface area contributed by atoms with Gasteiger partial charge in [-0.25, -0.2) is 0 Å². The zero-order valence-electron chi connectivity index (χ0n) is 10.0. The lowest BCUT2D eigenvalue weighted by Crippen LogP contribution is -2.24. The Hall–Kier alpha value is -1.14. The van der Waals surface area contributed by atoms with Crippen LogP contribution in [0.15, 0.2) is 22.7 Å². The van der Waals surface area contributed by atoms with E-state index in [1.54, 1.807) is 12.1 Å². The maximum atomic E-state index is 11.3. The zero-order valence-corrected chi connectivity index (χ0v) is 12.4. The third kappa shape index (κ3) is 4.62. The minimum atomic E-state index is -0.0357. The van der Waals surface area contributed by atoms with Crippen molar-refractivity contribution in [3.8, 4) is 5.75 Å². The van der Waals surface area contributed by atoms with E-state index in [0.717, 1.165) is 4.47 Å². The van der Waals surface area contributed by atoms with Gasteiger partial charge in [0.2, 0.25) is 5.91 Å². The van der Waals surface area contributed by atoms with Crippen molar-refractivity contribution in [2.75, 3.05) is 13.2 Å². The number of hydrogen-bond acceptors (Lipinski definition) is 3. The average Bonchev–Trinajstić information content (AvgIpc) is 2.31. The molecule has 0 saturated heterocycles. The Morgan fingerprint density at radius 3 is 2.89 bits per heavy atom. The number of carbonyl (C=O) groups excluding carboxylic acids is 1. The van der Waals surface area contributed by atoms with Gasteiger partial charge >= 0.3 is 0 Å². The van der Waals surface area contributed by atoms with Crippen LogP contribution in [0.1, 0.15) is 18.9 Å². The normalized spacial score (nSPS) is 9.89. The summed E-state index contributed by atoms with van der Waals surface area (Å²) in [7, 11) is 0. The monoisotopic (exact) mass is 330 g/mol. The van der Waals surface area contributed by atoms with Crippen LogP contribution in [-0.2, 0) is 4.79 Å². The molecule has 4 nitrogen and oxygen atoms in total. The van der Waals surface area contributed by atoms with Gasteiger partial charge in [-0.05, 0) is 25.1 Å². The molecular formula is C12H15BrN2O2S. The van der Waals surface area contributed by atoms with Gasteiger partial charge in [0.25, 0.3) is 0 Å². The topological polar surface area (TPSA) is 64.3 Å². The first-order chi connectivity index (χ1) is 8.54. The number of rotatable bonds is 6. The van der Waals surface area contributed by atoms with Crippen LogP contribution in [0.5, 0.6) is 5.75 Å². The Balaban J connectivity index is 2.62. The Morgan fingerprint density at radius 1 is 1.56 bits per heavy atom. The summed E-state index contributed by atoms with van der Waals surface area (Å²) in [5.41, 5.74) is 6.28. The Kier molecular flexibility index (Phi) is 6.07. The number of nitrogens with one attached hydrogen (secondary N) is 1. The largest absolute Gasteiger partial charge is 0.492 e. The summed E-state index contributed by atoms with van der Waals surface area (Å²) in [4.78, 5) is 11.5. The predicted octanol–water partition coefficient (Wildman–Crippen LogP) is 1.99. The van der Waals surface area contributed by atoms with E-state index in [-0.39, 0.29) is 10.9 Å². The van der Waals surface area contributed by atoms with Crippen molar-refractivity contribution in [3.63, 3.8) is 0 Å². The molecule has 0 aliphatic heterocycles. The molecule has 6 heteroatoms. The molecule has 98 valence electrons. The first-order valence-electron chi connectivity index (χ1n) is 5.53. The van der Waals surface area contributed by atoms with E-state index in [1.807, 2.05) is 13.0 Å². The summed E-state index contributed by atoms with van der Waals surface area (Å²) in [6.07, 6.45) is 0.306. The third-order valence-corrected chi connectivity index (χ3v) is 2.88. The maximum Gasteiger partial charge on any atom is 0.223 e. The quantitative estimate of drug-likeness (QED) is 0.783. The molecule has 1 aromatic rings. The lowest BCUT2D eigenvalue weighted by atomic mass is 10.2. The fraction of sp³-hybridized carbons (Fsp3) is 0.333. The molecule has 0 aliphatic rings. The molecule has 1 amide bonds. The van der Waals surface area contributed by atoms with Crippen molar-refractivity contribution < 1.29 is 9.53 Å². The van der Waals surface area contributed by atoms with Gasteiger partial charge in [-0.2, -0.15) is 0 Å². The van der Waals surface area contributed by atoms with Crippen LogP contribution in [0.4, 0.5) is 0 Å². The van der Waals surface area contributed by atoms with Crippen molar-refractivity contribution in [2.24, 2.45) is 5.73 Å². The lowest BCUT2D eigenvalue weighted by molar-refractivity contribution is -0.121. The summed E-state index contributed by atoms with van der Waals surface area (Å²) in [6, 6.07) is 5.41. The maximum absolute atomic E-state index is 11.3. The second kappa shape index (κ2) is 7.33. The van der Waals surface area contributed by atoms with Crippen molar-refractivity contribution in [1.29, 1.82) is 0 Å². The Bertz CT molecular complexity index is 452. The van der Waals surface area contributed by atoms with Crippen LogP contribution in [0.3, 0.4) is 0 Å². The smallest absolute Gasteiger partial charge is 0.223 e. The van der Waals surface area contributed by atoms with E-state index in [9.17, 15) is 4.79 Å². The van der Waals surface area contributed by atoms with Gasteiger partial charge in [0.15, 0.2) is 0 Å². The van der Waals surface area contributed by atoms with Crippen molar-refractivity contribution >= 4 is 39.0 Å². The molecule has 0 fully saturated rings. The summed E-state index contributed by atoms with van der Waals surface area (Å²) in [5, 5.41) is 2.70. The molecule has 0 radical (unpaired) electrons. The van der Waals surface area contributed by atoms with E-state index in [1.165, 1.54) is 0 Å². The fourth-order valence-electron chi connectivity index (χ4n) is 1.36. The van der Waals surface area contributed by atoms with Crippen LogP contribution >= 0.6 is 28.1 Å². The first kappa shape index (κ1) is 14.9. The number of amides is 1. The molecule has 0 heterocycles. The highest BCUT2D eigenvalue weighted by Gasteiger charge is 2.08. The second-order valence-corrected chi connectivity index (χ2v) is 4.91. The van der Waals surface area contributed by atoms with E-state index in [4.69, 9.17) is 22.7 Å². The van der Waals surface area contributed by atoms with E-state index < -0.39 is 0 Å². The molecule has 0 bridgehead atoms. The van der Waals surface area contributed by atoms with Gasteiger partial charge < -0.3 is 15.8 Å². The van der Waals surface area contributed by atoms with E-state index in [0.29, 0.717) is 30.9 Å². The highest BCUT2D eigenvalue weighted by atomic mass is 79.9. The minimum Gasteiger partial charge on any atom is -0.492 e. The molecule has 1 rings (SSSR count). The zero-order chi connectivity index (χ0) is 13.5. The number of benzene rings is 1. The van der Waals surface area contributed by atoms with Crippen LogP contribution in [0, 0.1) is 0 Å². The van der Waals surface area contributed by atoms with Crippen LogP contribution < -0.4 is 15.8 Å². The fourth-order valence-corrected chi connectivity index (χ4v) is 1.88. The van der Waals surface area contributed by atoms with Crippen LogP contribution in [-0.4, -0.2) is 24.0 Å². The average molecular weight is 331 g/mol. The van der Waals surface area contributed by atoms with Crippen LogP contribution in [0.25, 0.3) is 0 Å². The van der Waals surface area contributed by atoms with Crippen LogP contribution in [0.2, 0.25) is 0 Å². The predicted molar refractivity (Wildman–Crippen MR) is 78.8 cm³/mol. The summed E-state index contributed by atoms with van der Waals surface area (Å²) < 4.78 is 6.40. The van der Waals surface area contributed by atoms with Gasteiger partial charge in [-0.1, -0.05) is 28.1 Å². The summed E-state index contributed by atoms with van der Waals surface area (Å²) in [5.74, 6) is 0.557. The Labute approximate surface area is 120 Å². The highest BCUT2D eigenvalue weighted by Crippen LogP contribution is 2.23. The van der Waals surface area contributed by atoms with Crippen molar-refractivity contribution in [1.82, 2.24) is 5.32 Å². The molecule has 0 spiro atoms. The van der Waals surface area contributed by atoms with Gasteiger partial charge in [0, 0.05) is 11.0 Å². The van der Waals surface area contributed by atoms with E-state index >= 15 is 0 Å². The number of thiocarbonyl (C=S) groups is 1. The van der Waals surface area contributed by atoms with Gasteiger partial charge in [-0.3, -0.25) is 4.79 Å². The van der Waals surface area contributed by atoms with Gasteiger partial charge in [-0.15, -0.1) is 0 Å². The Morgan fingerprint density at radius 2 is 2.28 bits per heavy atom. The standard InChI is InChI=1S/C12H15BrN2O2S/c1-2-15-11(16)5-6-17-10-4-3-8(13)7-9(10)12(14)18/h3-4,7H,2,5-6H2,1H3,(H2,14,18)(H,15,16). The molecular weight excluding hydrogens is 316 g/mol. The molecule has 0 aliphatic carbocycles. The molecule has 0 saturated carbocycles.